The van der Waals surface area contributed by atoms with Crippen molar-refractivity contribution in [3.63, 3.8) is 0 Å². The normalized spacial score (nSPS) is 18.8. The summed E-state index contributed by atoms with van der Waals surface area (Å²) in [6.45, 7) is 10.3. The molecule has 1 aromatic carbocycles. The molecule has 0 bridgehead atoms. The number of rotatable bonds is 9. The highest BCUT2D eigenvalue weighted by Crippen LogP contribution is 2.21. The molecule has 0 atom stereocenters. The molecule has 2 fully saturated rings. The minimum atomic E-state index is 0. The molecule has 2 saturated heterocycles. The summed E-state index contributed by atoms with van der Waals surface area (Å²) in [7, 11) is 3.89. The third-order valence-electron chi connectivity index (χ3n) is 6.68. The fourth-order valence-corrected chi connectivity index (χ4v) is 4.52. The number of hydrogen-bond donors (Lipinski definition) is 1. The van der Waals surface area contributed by atoms with Crippen LogP contribution in [0.15, 0.2) is 29.3 Å². The van der Waals surface area contributed by atoms with E-state index in [1.807, 2.05) is 0 Å². The zero-order valence-corrected chi connectivity index (χ0v) is 22.6. The van der Waals surface area contributed by atoms with Crippen molar-refractivity contribution in [1.82, 2.24) is 15.1 Å². The van der Waals surface area contributed by atoms with E-state index in [0.29, 0.717) is 5.92 Å². The van der Waals surface area contributed by atoms with Gasteiger partial charge in [0, 0.05) is 46.4 Å². The molecule has 182 valence electrons. The second-order valence-electron chi connectivity index (χ2n) is 9.03. The van der Waals surface area contributed by atoms with E-state index in [9.17, 15) is 0 Å². The van der Waals surface area contributed by atoms with Gasteiger partial charge < -0.3 is 19.7 Å². The Balaban J connectivity index is 0.00000363. The molecule has 0 aliphatic carbocycles. The Morgan fingerprint density at radius 3 is 2.44 bits per heavy atom. The molecule has 0 saturated carbocycles. The highest BCUT2D eigenvalue weighted by atomic mass is 127. The summed E-state index contributed by atoms with van der Waals surface area (Å²) < 4.78 is 10.8. The van der Waals surface area contributed by atoms with Crippen LogP contribution in [0.4, 0.5) is 0 Å². The third-order valence-corrected chi connectivity index (χ3v) is 6.68. The Morgan fingerprint density at radius 2 is 1.81 bits per heavy atom. The lowest BCUT2D eigenvalue weighted by molar-refractivity contribution is 0.0625. The van der Waals surface area contributed by atoms with Crippen LogP contribution in [0.3, 0.4) is 0 Å². The number of ether oxygens (including phenoxy) is 2. The van der Waals surface area contributed by atoms with Gasteiger partial charge in [-0.2, -0.15) is 0 Å². The largest absolute Gasteiger partial charge is 0.497 e. The lowest BCUT2D eigenvalue weighted by Crippen LogP contribution is -2.41. The number of aliphatic imine (C=N–C) groups is 1. The number of nitrogens with one attached hydrogen (secondary N) is 1. The van der Waals surface area contributed by atoms with Gasteiger partial charge in [-0.05, 0) is 81.6 Å². The third kappa shape index (κ3) is 9.06. The van der Waals surface area contributed by atoms with Gasteiger partial charge in [0.1, 0.15) is 5.75 Å². The van der Waals surface area contributed by atoms with Gasteiger partial charge in [-0.15, -0.1) is 24.0 Å². The fraction of sp³-hybridized carbons (Fsp3) is 0.720. The van der Waals surface area contributed by atoms with Crippen LogP contribution < -0.4 is 10.1 Å². The standard InChI is InChI=1S/C25H42N4O2.HI/c1-4-26-25(28(2)14-9-21-12-17-31-18-13-21)27-19-22-10-15-29(16-11-22)20-23-5-7-24(30-3)8-6-23;/h5-8,21-22H,4,9-20H2,1-3H3,(H,26,27);1H. The van der Waals surface area contributed by atoms with Gasteiger partial charge in [-0.25, -0.2) is 0 Å². The molecule has 6 nitrogen and oxygen atoms in total. The van der Waals surface area contributed by atoms with Crippen LogP contribution in [0, 0.1) is 11.8 Å². The molecule has 0 spiro atoms. The van der Waals surface area contributed by atoms with Crippen molar-refractivity contribution in [2.75, 3.05) is 60.1 Å². The van der Waals surface area contributed by atoms with Crippen molar-refractivity contribution < 1.29 is 9.47 Å². The minimum Gasteiger partial charge on any atom is -0.497 e. The maximum absolute atomic E-state index is 5.49. The van der Waals surface area contributed by atoms with Crippen molar-refractivity contribution in [3.8, 4) is 5.75 Å². The molecule has 2 aliphatic heterocycles. The smallest absolute Gasteiger partial charge is 0.193 e. The van der Waals surface area contributed by atoms with E-state index < -0.39 is 0 Å². The summed E-state index contributed by atoms with van der Waals surface area (Å²) in [6.07, 6.45) is 6.09. The minimum absolute atomic E-state index is 0. The van der Waals surface area contributed by atoms with Gasteiger partial charge in [0.05, 0.1) is 7.11 Å². The van der Waals surface area contributed by atoms with Gasteiger partial charge in [-0.3, -0.25) is 9.89 Å². The first-order chi connectivity index (χ1) is 15.2. The summed E-state index contributed by atoms with van der Waals surface area (Å²) in [4.78, 5) is 9.88. The number of halogens is 1. The van der Waals surface area contributed by atoms with Crippen LogP contribution in [-0.4, -0.2) is 75.9 Å². The number of nitrogens with zero attached hydrogens (tertiary/aromatic N) is 3. The molecule has 1 N–H and O–H groups in total. The average Bonchev–Trinajstić information content (AvgIpc) is 2.82. The van der Waals surface area contributed by atoms with Crippen LogP contribution >= 0.6 is 24.0 Å². The summed E-state index contributed by atoms with van der Waals surface area (Å²) in [6, 6.07) is 8.46. The number of piperidine rings is 1. The van der Waals surface area contributed by atoms with Gasteiger partial charge in [-0.1, -0.05) is 12.1 Å². The molecule has 0 radical (unpaired) electrons. The first-order valence-corrected chi connectivity index (χ1v) is 12.1. The maximum Gasteiger partial charge on any atom is 0.193 e. The van der Waals surface area contributed by atoms with E-state index in [1.54, 1.807) is 7.11 Å². The Morgan fingerprint density at radius 1 is 1.12 bits per heavy atom. The predicted octanol–water partition coefficient (Wildman–Crippen LogP) is 4.24. The van der Waals surface area contributed by atoms with Crippen LogP contribution in [0.5, 0.6) is 5.75 Å². The predicted molar refractivity (Wildman–Crippen MR) is 143 cm³/mol. The van der Waals surface area contributed by atoms with E-state index in [2.05, 4.69) is 53.4 Å². The Labute approximate surface area is 212 Å². The molecular formula is C25H43IN4O2. The first-order valence-electron chi connectivity index (χ1n) is 12.1. The number of hydrogen-bond acceptors (Lipinski definition) is 4. The molecule has 0 amide bonds. The fourth-order valence-electron chi connectivity index (χ4n) is 4.52. The number of guanidine groups is 1. The number of methoxy groups -OCH3 is 1. The van der Waals surface area contributed by atoms with Crippen molar-refractivity contribution in [2.24, 2.45) is 16.8 Å². The Kier molecular flexibility index (Phi) is 12.7. The molecule has 1 aromatic rings. The topological polar surface area (TPSA) is 49.3 Å². The average molecular weight is 559 g/mol. The van der Waals surface area contributed by atoms with E-state index >= 15 is 0 Å². The summed E-state index contributed by atoms with van der Waals surface area (Å²) >= 11 is 0. The van der Waals surface area contributed by atoms with Gasteiger partial charge in [0.15, 0.2) is 5.96 Å². The summed E-state index contributed by atoms with van der Waals surface area (Å²) in [5.41, 5.74) is 1.36. The van der Waals surface area contributed by atoms with Crippen molar-refractivity contribution in [3.05, 3.63) is 29.8 Å². The molecular weight excluding hydrogens is 515 g/mol. The highest BCUT2D eigenvalue weighted by molar-refractivity contribution is 14.0. The second-order valence-corrected chi connectivity index (χ2v) is 9.03. The molecule has 7 heteroatoms. The van der Waals surface area contributed by atoms with Gasteiger partial charge >= 0.3 is 0 Å². The molecule has 32 heavy (non-hydrogen) atoms. The van der Waals surface area contributed by atoms with Gasteiger partial charge in [0.25, 0.3) is 0 Å². The van der Waals surface area contributed by atoms with E-state index in [4.69, 9.17) is 14.5 Å². The monoisotopic (exact) mass is 558 g/mol. The molecule has 2 heterocycles. The molecule has 0 aromatic heterocycles. The van der Waals surface area contributed by atoms with Crippen molar-refractivity contribution >= 4 is 29.9 Å². The maximum atomic E-state index is 5.49. The SMILES string of the molecule is CCNC(=NCC1CCN(Cc2ccc(OC)cc2)CC1)N(C)CCC1CCOCC1.I. The van der Waals surface area contributed by atoms with Gasteiger partial charge in [0.2, 0.25) is 0 Å². The highest BCUT2D eigenvalue weighted by Gasteiger charge is 2.20. The Hall–Kier alpha value is -1.06. The summed E-state index contributed by atoms with van der Waals surface area (Å²) in [5, 5.41) is 3.49. The van der Waals surface area contributed by atoms with E-state index in [1.165, 1.54) is 37.7 Å². The van der Waals surface area contributed by atoms with Crippen LogP contribution in [0.2, 0.25) is 0 Å². The quantitative estimate of drug-likeness (QED) is 0.279. The second kappa shape index (κ2) is 15.0. The van der Waals surface area contributed by atoms with E-state index in [-0.39, 0.29) is 24.0 Å². The van der Waals surface area contributed by atoms with Crippen LogP contribution in [0.25, 0.3) is 0 Å². The lowest BCUT2D eigenvalue weighted by Gasteiger charge is -2.32. The number of benzene rings is 1. The zero-order chi connectivity index (χ0) is 21.9. The van der Waals surface area contributed by atoms with Crippen molar-refractivity contribution in [2.45, 2.75) is 45.6 Å². The van der Waals surface area contributed by atoms with E-state index in [0.717, 1.165) is 70.1 Å². The zero-order valence-electron chi connectivity index (χ0n) is 20.2. The lowest BCUT2D eigenvalue weighted by atomic mass is 9.96. The first kappa shape index (κ1) is 27.2. The summed E-state index contributed by atoms with van der Waals surface area (Å²) in [5.74, 6) is 3.48. The molecule has 0 unspecified atom stereocenters. The number of likely N-dealkylation sites (tertiary alicyclic amines) is 1. The molecule has 3 rings (SSSR count). The Bertz CT molecular complexity index is 656. The van der Waals surface area contributed by atoms with Crippen LogP contribution in [-0.2, 0) is 11.3 Å². The van der Waals surface area contributed by atoms with Crippen molar-refractivity contribution in [1.29, 1.82) is 0 Å². The van der Waals surface area contributed by atoms with Crippen LogP contribution in [0.1, 0.15) is 44.6 Å². The molecule has 2 aliphatic rings.